The van der Waals surface area contributed by atoms with E-state index in [2.05, 4.69) is 48.3 Å². The molecule has 0 aromatic rings. The molecule has 0 bridgehead atoms. The van der Waals surface area contributed by atoms with Crippen molar-refractivity contribution in [2.75, 3.05) is 26.2 Å². The number of nitrogens with one attached hydrogen (secondary N) is 2. The van der Waals surface area contributed by atoms with E-state index in [1.54, 1.807) is 6.92 Å². The Balaban J connectivity index is 2.06. The number of nitrogens with zero attached hydrogens (tertiary/aromatic N) is 1. The lowest BCUT2D eigenvalue weighted by Gasteiger charge is -2.43. The highest BCUT2D eigenvalue weighted by atomic mass is 16.7. The van der Waals surface area contributed by atoms with E-state index >= 15 is 0 Å². The van der Waals surface area contributed by atoms with Gasteiger partial charge in [-0.15, -0.1) is 0 Å². The highest BCUT2D eigenvalue weighted by Crippen LogP contribution is 2.39. The lowest BCUT2D eigenvalue weighted by atomic mass is 9.69. The smallest absolute Gasteiger partial charge is 0.320 e. The first kappa shape index (κ1) is 27.1. The van der Waals surface area contributed by atoms with Gasteiger partial charge in [-0.3, -0.25) is 14.5 Å². The minimum atomic E-state index is -0.740. The number of hydroxylamine groups is 1. The molecule has 2 rings (SSSR count). The third kappa shape index (κ3) is 8.97. The number of hydrogen-bond acceptors (Lipinski definition) is 5. The second kappa shape index (κ2) is 13.6. The minimum absolute atomic E-state index is 0.171. The van der Waals surface area contributed by atoms with Gasteiger partial charge in [-0.25, -0.2) is 0 Å². The summed E-state index contributed by atoms with van der Waals surface area (Å²) in [4.78, 5) is 30.8. The van der Waals surface area contributed by atoms with Gasteiger partial charge in [-0.1, -0.05) is 51.2 Å². The minimum Gasteiger partial charge on any atom is -0.480 e. The van der Waals surface area contributed by atoms with Gasteiger partial charge in [0.05, 0.1) is 6.54 Å². The molecular weight excluding hydrogens is 418 g/mol. The van der Waals surface area contributed by atoms with E-state index in [1.807, 2.05) is 13.0 Å². The number of fused-ring (bicyclic) bond motifs is 1. The summed E-state index contributed by atoms with van der Waals surface area (Å²) < 4.78 is 0. The Bertz CT molecular complexity index is 731. The lowest BCUT2D eigenvalue weighted by molar-refractivity contribution is -0.141. The molecule has 0 spiro atoms. The van der Waals surface area contributed by atoms with Gasteiger partial charge in [0.1, 0.15) is 11.8 Å². The van der Waals surface area contributed by atoms with Gasteiger partial charge in [-0.05, 0) is 62.8 Å². The first-order chi connectivity index (χ1) is 15.7. The Hall–Kier alpha value is -2.12. The first-order valence-electron chi connectivity index (χ1n) is 12.4. The molecule has 2 fully saturated rings. The summed E-state index contributed by atoms with van der Waals surface area (Å²) in [5.41, 5.74) is 3.78. The SMILES string of the molecule is C=C(CN(C/C(=C/C=C\C)C(C)C)CC1CCC2CNC(C(=O)O)CC2C1)ONC(=O)CC. The summed E-state index contributed by atoms with van der Waals surface area (Å²) in [6.45, 7) is 15.3. The molecule has 1 saturated heterocycles. The molecule has 1 heterocycles. The predicted molar refractivity (Wildman–Crippen MR) is 131 cm³/mol. The summed E-state index contributed by atoms with van der Waals surface area (Å²) in [7, 11) is 0. The van der Waals surface area contributed by atoms with Crippen LogP contribution < -0.4 is 10.8 Å². The molecule has 4 unspecified atom stereocenters. The van der Waals surface area contributed by atoms with Crippen molar-refractivity contribution in [2.45, 2.75) is 65.8 Å². The van der Waals surface area contributed by atoms with E-state index in [0.717, 1.165) is 38.9 Å². The number of carboxylic acid groups (broad SMARTS) is 1. The van der Waals surface area contributed by atoms with Gasteiger partial charge in [0.25, 0.3) is 5.91 Å². The van der Waals surface area contributed by atoms with E-state index in [4.69, 9.17) is 4.84 Å². The first-order valence-corrected chi connectivity index (χ1v) is 12.4. The van der Waals surface area contributed by atoms with E-state index in [-0.39, 0.29) is 5.91 Å². The standard InChI is InChI=1S/C26H43N3O4/c1-6-8-9-22(18(3)4)17-29(15-19(5)33-28-25(30)7-2)16-20-10-11-21-14-27-24(26(31)32)13-23(21)12-20/h6,8-9,18,20-21,23-24,27H,5,7,10-17H2,1-4H3,(H,28,30)(H,31,32)/b8-6-,22-9-. The number of amides is 1. The number of carbonyl (C=O) groups excluding carboxylic acids is 1. The Morgan fingerprint density at radius 1 is 1.24 bits per heavy atom. The van der Waals surface area contributed by atoms with Gasteiger partial charge in [0, 0.05) is 19.5 Å². The van der Waals surface area contributed by atoms with E-state index in [0.29, 0.717) is 48.8 Å². The average Bonchev–Trinajstić information content (AvgIpc) is 2.79. The zero-order valence-electron chi connectivity index (χ0n) is 20.8. The number of hydrogen-bond donors (Lipinski definition) is 3. The zero-order chi connectivity index (χ0) is 24.4. The maximum atomic E-state index is 11.6. The summed E-state index contributed by atoms with van der Waals surface area (Å²) in [5.74, 6) is 1.56. The van der Waals surface area contributed by atoms with E-state index in [1.165, 1.54) is 5.57 Å². The molecule has 186 valence electrons. The number of allylic oxidation sites excluding steroid dienone is 3. The summed E-state index contributed by atoms with van der Waals surface area (Å²) in [6, 6.07) is -0.423. The lowest BCUT2D eigenvalue weighted by Crippen LogP contribution is -2.50. The van der Waals surface area contributed by atoms with Gasteiger partial charge in [-0.2, -0.15) is 5.48 Å². The van der Waals surface area contributed by atoms with E-state index < -0.39 is 12.0 Å². The maximum absolute atomic E-state index is 11.6. The van der Waals surface area contributed by atoms with Crippen LogP contribution in [-0.2, 0) is 14.4 Å². The predicted octanol–water partition coefficient (Wildman–Crippen LogP) is 3.90. The third-order valence-corrected chi connectivity index (χ3v) is 6.91. The molecule has 33 heavy (non-hydrogen) atoms. The number of aliphatic carboxylic acids is 1. The van der Waals surface area contributed by atoms with Crippen LogP contribution in [0.25, 0.3) is 0 Å². The van der Waals surface area contributed by atoms with Gasteiger partial charge in [0.15, 0.2) is 0 Å². The molecule has 1 aliphatic heterocycles. The molecular formula is C26H43N3O4. The third-order valence-electron chi connectivity index (χ3n) is 6.91. The second-order valence-electron chi connectivity index (χ2n) is 9.85. The van der Waals surface area contributed by atoms with Crippen LogP contribution in [0.2, 0.25) is 0 Å². The topological polar surface area (TPSA) is 90.9 Å². The fourth-order valence-corrected chi connectivity index (χ4v) is 4.95. The van der Waals surface area contributed by atoms with Crippen LogP contribution in [0.15, 0.2) is 36.1 Å². The van der Waals surface area contributed by atoms with Crippen molar-refractivity contribution in [1.82, 2.24) is 15.7 Å². The number of carbonyl (C=O) groups is 2. The van der Waals surface area contributed by atoms with Crippen LogP contribution in [0.5, 0.6) is 0 Å². The number of rotatable bonds is 12. The Labute approximate surface area is 199 Å². The number of piperidine rings is 1. The van der Waals surface area contributed by atoms with Crippen LogP contribution in [-0.4, -0.2) is 54.1 Å². The fourth-order valence-electron chi connectivity index (χ4n) is 4.95. The highest BCUT2D eigenvalue weighted by molar-refractivity contribution is 5.74. The second-order valence-corrected chi connectivity index (χ2v) is 9.85. The van der Waals surface area contributed by atoms with Gasteiger partial charge >= 0.3 is 5.97 Å². The van der Waals surface area contributed by atoms with Crippen molar-refractivity contribution in [2.24, 2.45) is 23.7 Å². The van der Waals surface area contributed by atoms with Crippen LogP contribution in [0.3, 0.4) is 0 Å². The molecule has 0 aromatic heterocycles. The molecule has 0 aromatic carbocycles. The van der Waals surface area contributed by atoms with Gasteiger partial charge < -0.3 is 15.3 Å². The van der Waals surface area contributed by atoms with Crippen molar-refractivity contribution in [3.8, 4) is 0 Å². The molecule has 4 atom stereocenters. The van der Waals surface area contributed by atoms with Crippen LogP contribution in [0, 0.1) is 23.7 Å². The molecule has 1 saturated carbocycles. The Kier molecular flexibility index (Phi) is 11.1. The maximum Gasteiger partial charge on any atom is 0.320 e. The van der Waals surface area contributed by atoms with Crippen molar-refractivity contribution in [3.05, 3.63) is 36.1 Å². The molecule has 3 N–H and O–H groups in total. The molecule has 1 amide bonds. The molecule has 2 aliphatic rings. The molecule has 1 aliphatic carbocycles. The summed E-state index contributed by atoms with van der Waals surface area (Å²) >= 11 is 0. The van der Waals surface area contributed by atoms with Crippen molar-refractivity contribution < 1.29 is 19.5 Å². The summed E-state index contributed by atoms with van der Waals surface area (Å²) in [5, 5.41) is 12.6. The van der Waals surface area contributed by atoms with Crippen molar-refractivity contribution >= 4 is 11.9 Å². The Morgan fingerprint density at radius 2 is 2.00 bits per heavy atom. The molecule has 0 radical (unpaired) electrons. The number of carboxylic acids is 1. The zero-order valence-corrected chi connectivity index (χ0v) is 20.8. The average molecular weight is 462 g/mol. The van der Waals surface area contributed by atoms with Crippen molar-refractivity contribution in [3.63, 3.8) is 0 Å². The fraction of sp³-hybridized carbons (Fsp3) is 0.692. The van der Waals surface area contributed by atoms with Crippen LogP contribution in [0.4, 0.5) is 0 Å². The van der Waals surface area contributed by atoms with E-state index in [9.17, 15) is 14.7 Å². The largest absolute Gasteiger partial charge is 0.480 e. The molecule has 7 heteroatoms. The van der Waals surface area contributed by atoms with Crippen molar-refractivity contribution in [1.29, 1.82) is 0 Å². The van der Waals surface area contributed by atoms with Crippen LogP contribution in [0.1, 0.15) is 59.8 Å². The Morgan fingerprint density at radius 3 is 2.64 bits per heavy atom. The normalized spacial score (nSPS) is 25.8. The highest BCUT2D eigenvalue weighted by Gasteiger charge is 2.38. The van der Waals surface area contributed by atoms with Crippen LogP contribution >= 0.6 is 0 Å². The monoisotopic (exact) mass is 461 g/mol. The summed E-state index contributed by atoms with van der Waals surface area (Å²) in [6.07, 6.45) is 10.7. The van der Waals surface area contributed by atoms with Gasteiger partial charge in [0.2, 0.25) is 0 Å². The quantitative estimate of drug-likeness (QED) is 0.232. The molecule has 7 nitrogen and oxygen atoms in total.